The van der Waals surface area contributed by atoms with Crippen molar-refractivity contribution < 1.29 is 19.4 Å². The summed E-state index contributed by atoms with van der Waals surface area (Å²) in [6, 6.07) is 8.20. The van der Waals surface area contributed by atoms with Crippen molar-refractivity contribution in [1.29, 1.82) is 0 Å². The number of carboxylic acid groups (broad SMARTS) is 1. The number of benzene rings is 1. The van der Waals surface area contributed by atoms with E-state index in [1.807, 2.05) is 12.1 Å². The number of aliphatic carboxylic acids is 1. The zero-order chi connectivity index (χ0) is 15.8. The summed E-state index contributed by atoms with van der Waals surface area (Å²) in [6.07, 6.45) is -0.0364. The third kappa shape index (κ3) is 5.95. The number of rotatable bonds is 8. The fourth-order valence-corrected chi connectivity index (χ4v) is 1.89. The number of ether oxygens (including phenoxy) is 1. The number of aryl methyl sites for hydroxylation is 1. The lowest BCUT2D eigenvalue weighted by Crippen LogP contribution is -2.37. The third-order valence-electron chi connectivity index (χ3n) is 3.33. The summed E-state index contributed by atoms with van der Waals surface area (Å²) in [5.41, 5.74) is 2.36. The van der Waals surface area contributed by atoms with Gasteiger partial charge in [-0.05, 0) is 23.5 Å². The van der Waals surface area contributed by atoms with Crippen LogP contribution in [0.3, 0.4) is 0 Å². The number of carboxylic acids is 1. The van der Waals surface area contributed by atoms with E-state index in [1.54, 1.807) is 0 Å². The van der Waals surface area contributed by atoms with Crippen molar-refractivity contribution >= 4 is 11.9 Å². The van der Waals surface area contributed by atoms with E-state index >= 15 is 0 Å². The molecule has 1 atom stereocenters. The van der Waals surface area contributed by atoms with E-state index in [2.05, 4.69) is 31.3 Å². The molecule has 116 valence electrons. The highest BCUT2D eigenvalue weighted by Crippen LogP contribution is 2.15. The average molecular weight is 293 g/mol. The number of carbonyl (C=O) groups excluding carboxylic acids is 1. The Hall–Kier alpha value is -1.88. The molecule has 0 saturated heterocycles. The molecular formula is C16H23NO4. The summed E-state index contributed by atoms with van der Waals surface area (Å²) >= 11 is 0. The molecule has 0 aliphatic rings. The van der Waals surface area contributed by atoms with Crippen molar-refractivity contribution in [3.05, 3.63) is 35.4 Å². The lowest BCUT2D eigenvalue weighted by molar-refractivity contribution is -0.148. The number of hydrogen-bond acceptors (Lipinski definition) is 3. The van der Waals surface area contributed by atoms with Crippen LogP contribution in [0.4, 0.5) is 0 Å². The van der Waals surface area contributed by atoms with E-state index in [0.29, 0.717) is 18.8 Å². The summed E-state index contributed by atoms with van der Waals surface area (Å²) < 4.78 is 4.75. The van der Waals surface area contributed by atoms with Crippen LogP contribution >= 0.6 is 0 Å². The van der Waals surface area contributed by atoms with Gasteiger partial charge in [-0.15, -0.1) is 0 Å². The maximum Gasteiger partial charge on any atom is 0.334 e. The van der Waals surface area contributed by atoms with Crippen LogP contribution in [0.25, 0.3) is 0 Å². The van der Waals surface area contributed by atoms with Gasteiger partial charge in [0.1, 0.15) is 0 Å². The standard InChI is InChI=1S/C16H23NO4/c1-11(2)13-7-4-12(5-8-13)6-9-15(18)17-10-14(21-3)16(19)20/h4-5,7-8,11,14H,6,9-10H2,1-3H3,(H,17,18)(H,19,20). The molecule has 21 heavy (non-hydrogen) atoms. The van der Waals surface area contributed by atoms with Gasteiger partial charge in [0, 0.05) is 13.5 Å². The molecule has 2 N–H and O–H groups in total. The average Bonchev–Trinajstić information content (AvgIpc) is 2.45. The van der Waals surface area contributed by atoms with Gasteiger partial charge in [0.15, 0.2) is 6.10 Å². The Morgan fingerprint density at radius 3 is 2.33 bits per heavy atom. The molecular weight excluding hydrogens is 270 g/mol. The number of carbonyl (C=O) groups is 2. The predicted octanol–water partition coefficient (Wildman–Crippen LogP) is 1.96. The van der Waals surface area contributed by atoms with Crippen LogP contribution < -0.4 is 5.32 Å². The van der Waals surface area contributed by atoms with E-state index in [0.717, 1.165) is 5.56 Å². The van der Waals surface area contributed by atoms with Crippen molar-refractivity contribution in [1.82, 2.24) is 5.32 Å². The minimum atomic E-state index is -1.08. The van der Waals surface area contributed by atoms with Crippen LogP contribution in [0.5, 0.6) is 0 Å². The first-order valence-electron chi connectivity index (χ1n) is 7.05. The molecule has 5 heteroatoms. The van der Waals surface area contributed by atoms with Crippen molar-refractivity contribution in [2.24, 2.45) is 0 Å². The van der Waals surface area contributed by atoms with Gasteiger partial charge in [0.2, 0.25) is 5.91 Å². The van der Waals surface area contributed by atoms with Crippen LogP contribution in [-0.4, -0.2) is 36.7 Å². The Balaban J connectivity index is 2.37. The number of nitrogens with one attached hydrogen (secondary N) is 1. The summed E-state index contributed by atoms with van der Waals surface area (Å²) in [5, 5.41) is 11.4. The highest BCUT2D eigenvalue weighted by Gasteiger charge is 2.16. The smallest absolute Gasteiger partial charge is 0.334 e. The molecule has 5 nitrogen and oxygen atoms in total. The molecule has 1 rings (SSSR count). The monoisotopic (exact) mass is 293 g/mol. The zero-order valence-electron chi connectivity index (χ0n) is 12.8. The summed E-state index contributed by atoms with van der Waals surface area (Å²) in [5.74, 6) is -0.766. The normalized spacial score (nSPS) is 12.2. The van der Waals surface area contributed by atoms with E-state index in [4.69, 9.17) is 9.84 Å². The maximum atomic E-state index is 11.7. The van der Waals surface area contributed by atoms with E-state index in [1.165, 1.54) is 12.7 Å². The van der Waals surface area contributed by atoms with Crippen LogP contribution in [0.15, 0.2) is 24.3 Å². The molecule has 0 aliphatic carbocycles. The number of amides is 1. The van der Waals surface area contributed by atoms with Crippen LogP contribution in [0.1, 0.15) is 37.3 Å². The molecule has 0 heterocycles. The predicted molar refractivity (Wildman–Crippen MR) is 80.3 cm³/mol. The van der Waals surface area contributed by atoms with Crippen molar-refractivity contribution in [3.8, 4) is 0 Å². The molecule has 0 aromatic heterocycles. The molecule has 1 unspecified atom stereocenters. The maximum absolute atomic E-state index is 11.7. The summed E-state index contributed by atoms with van der Waals surface area (Å²) in [7, 11) is 1.31. The number of hydrogen-bond donors (Lipinski definition) is 2. The molecule has 0 fully saturated rings. The van der Waals surface area contributed by atoms with E-state index < -0.39 is 12.1 Å². The molecule has 0 radical (unpaired) electrons. The van der Waals surface area contributed by atoms with Gasteiger partial charge in [0.25, 0.3) is 0 Å². The van der Waals surface area contributed by atoms with Crippen LogP contribution in [0.2, 0.25) is 0 Å². The Kier molecular flexibility index (Phi) is 6.88. The van der Waals surface area contributed by atoms with Gasteiger partial charge >= 0.3 is 5.97 Å². The quantitative estimate of drug-likeness (QED) is 0.768. The van der Waals surface area contributed by atoms with Crippen molar-refractivity contribution in [3.63, 3.8) is 0 Å². The Morgan fingerprint density at radius 2 is 1.86 bits per heavy atom. The third-order valence-corrected chi connectivity index (χ3v) is 3.33. The molecule has 0 aliphatic heterocycles. The number of methoxy groups -OCH3 is 1. The molecule has 0 saturated carbocycles. The fourth-order valence-electron chi connectivity index (χ4n) is 1.89. The zero-order valence-corrected chi connectivity index (χ0v) is 12.8. The Morgan fingerprint density at radius 1 is 1.24 bits per heavy atom. The van der Waals surface area contributed by atoms with Gasteiger partial charge < -0.3 is 15.2 Å². The molecule has 1 aromatic rings. The highest BCUT2D eigenvalue weighted by atomic mass is 16.5. The summed E-state index contributed by atoms with van der Waals surface area (Å²) in [4.78, 5) is 22.4. The molecule has 1 amide bonds. The lowest BCUT2D eigenvalue weighted by atomic mass is 10.0. The minimum Gasteiger partial charge on any atom is -0.479 e. The van der Waals surface area contributed by atoms with E-state index in [-0.39, 0.29) is 12.5 Å². The highest BCUT2D eigenvalue weighted by molar-refractivity contribution is 5.78. The van der Waals surface area contributed by atoms with Crippen LogP contribution in [-0.2, 0) is 20.7 Å². The van der Waals surface area contributed by atoms with Gasteiger partial charge in [-0.2, -0.15) is 0 Å². The Labute approximate surface area is 125 Å². The fraction of sp³-hybridized carbons (Fsp3) is 0.500. The van der Waals surface area contributed by atoms with Crippen molar-refractivity contribution in [2.45, 2.75) is 38.7 Å². The second kappa shape index (κ2) is 8.42. The molecule has 0 bridgehead atoms. The van der Waals surface area contributed by atoms with Gasteiger partial charge in [-0.25, -0.2) is 4.79 Å². The summed E-state index contributed by atoms with van der Waals surface area (Å²) in [6.45, 7) is 4.26. The Bertz CT molecular complexity index is 468. The first-order chi connectivity index (χ1) is 9.93. The second-order valence-corrected chi connectivity index (χ2v) is 5.26. The van der Waals surface area contributed by atoms with E-state index in [9.17, 15) is 9.59 Å². The first kappa shape index (κ1) is 17.2. The minimum absolute atomic E-state index is 0.0169. The van der Waals surface area contributed by atoms with Gasteiger partial charge in [-0.3, -0.25) is 4.79 Å². The topological polar surface area (TPSA) is 75.6 Å². The molecule has 0 spiro atoms. The first-order valence-corrected chi connectivity index (χ1v) is 7.05. The van der Waals surface area contributed by atoms with Crippen molar-refractivity contribution in [2.75, 3.05) is 13.7 Å². The molecule has 1 aromatic carbocycles. The van der Waals surface area contributed by atoms with Gasteiger partial charge in [-0.1, -0.05) is 38.1 Å². The van der Waals surface area contributed by atoms with Gasteiger partial charge in [0.05, 0.1) is 6.54 Å². The SMILES string of the molecule is COC(CNC(=O)CCc1ccc(C(C)C)cc1)C(=O)O. The lowest BCUT2D eigenvalue weighted by Gasteiger charge is -2.11. The second-order valence-electron chi connectivity index (χ2n) is 5.26. The van der Waals surface area contributed by atoms with Crippen LogP contribution in [0, 0.1) is 0 Å². The largest absolute Gasteiger partial charge is 0.479 e.